The molecular weight excluding hydrogens is 426 g/mol. The Hall–Kier alpha value is -3.64. The van der Waals surface area contributed by atoms with Crippen molar-refractivity contribution in [3.8, 4) is 17.3 Å². The first kappa shape index (κ1) is 20.6. The van der Waals surface area contributed by atoms with E-state index in [2.05, 4.69) is 19.8 Å². The van der Waals surface area contributed by atoms with E-state index >= 15 is 0 Å². The Kier molecular flexibility index (Phi) is 5.25. The van der Waals surface area contributed by atoms with Gasteiger partial charge in [-0.15, -0.1) is 13.2 Å². The summed E-state index contributed by atoms with van der Waals surface area (Å²) in [4.78, 5) is 20.5. The minimum absolute atomic E-state index is 0.135. The Bertz CT molecular complexity index is 1110. The highest BCUT2D eigenvalue weighted by molar-refractivity contribution is 5.81. The Morgan fingerprint density at radius 2 is 1.94 bits per heavy atom. The molecule has 3 heterocycles. The van der Waals surface area contributed by atoms with Crippen LogP contribution in [0, 0.1) is 5.82 Å². The van der Waals surface area contributed by atoms with Crippen molar-refractivity contribution in [1.29, 1.82) is 0 Å². The molecule has 0 atom stereocenters. The SMILES string of the molecule is O=C(O)N1CCC(Oc2ncnc3c2cnn3-c2ccc(OC(F)(F)F)cc2F)CC1. The summed E-state index contributed by atoms with van der Waals surface area (Å²) in [5.74, 6) is -1.49. The number of carboxylic acid groups (broad SMARTS) is 1. The summed E-state index contributed by atoms with van der Waals surface area (Å²) in [5, 5.41) is 13.5. The van der Waals surface area contributed by atoms with Crippen LogP contribution in [0.1, 0.15) is 12.8 Å². The fourth-order valence-corrected chi connectivity index (χ4v) is 3.27. The van der Waals surface area contributed by atoms with Crippen molar-refractivity contribution in [2.45, 2.75) is 25.3 Å². The van der Waals surface area contributed by atoms with E-state index in [0.29, 0.717) is 37.4 Å². The molecule has 4 rings (SSSR count). The van der Waals surface area contributed by atoms with Crippen LogP contribution in [0.4, 0.5) is 22.4 Å². The smallest absolute Gasteiger partial charge is 0.474 e. The van der Waals surface area contributed by atoms with Gasteiger partial charge in [0.25, 0.3) is 0 Å². The predicted octanol–water partition coefficient (Wildman–Crippen LogP) is 3.37. The topological polar surface area (TPSA) is 103 Å². The first-order valence-corrected chi connectivity index (χ1v) is 9.10. The molecule has 0 aliphatic carbocycles. The molecule has 1 fully saturated rings. The van der Waals surface area contributed by atoms with Crippen LogP contribution in [-0.4, -0.2) is 61.4 Å². The lowest BCUT2D eigenvalue weighted by Gasteiger charge is -2.29. The third-order valence-corrected chi connectivity index (χ3v) is 4.70. The number of ether oxygens (including phenoxy) is 2. The van der Waals surface area contributed by atoms with Crippen molar-refractivity contribution >= 4 is 17.1 Å². The molecule has 0 unspecified atom stereocenters. The van der Waals surface area contributed by atoms with Gasteiger partial charge in [-0.1, -0.05) is 0 Å². The molecule has 0 saturated carbocycles. The van der Waals surface area contributed by atoms with Crippen LogP contribution >= 0.6 is 0 Å². The number of benzene rings is 1. The number of hydrogen-bond acceptors (Lipinski definition) is 6. The van der Waals surface area contributed by atoms with E-state index in [1.54, 1.807) is 0 Å². The summed E-state index contributed by atoms with van der Waals surface area (Å²) in [5.41, 5.74) is 0.0558. The number of piperidine rings is 1. The van der Waals surface area contributed by atoms with Crippen LogP contribution in [0.3, 0.4) is 0 Å². The molecule has 0 spiro atoms. The molecule has 164 valence electrons. The van der Waals surface area contributed by atoms with Gasteiger partial charge < -0.3 is 19.5 Å². The number of fused-ring (bicyclic) bond motifs is 1. The fraction of sp³-hybridized carbons (Fsp3) is 0.333. The predicted molar refractivity (Wildman–Crippen MR) is 96.5 cm³/mol. The van der Waals surface area contributed by atoms with Crippen LogP contribution in [-0.2, 0) is 0 Å². The number of rotatable bonds is 4. The zero-order valence-corrected chi connectivity index (χ0v) is 15.7. The molecule has 9 nitrogen and oxygen atoms in total. The third-order valence-electron chi connectivity index (χ3n) is 4.70. The van der Waals surface area contributed by atoms with Crippen molar-refractivity contribution < 1.29 is 36.9 Å². The van der Waals surface area contributed by atoms with E-state index in [9.17, 15) is 22.4 Å². The quantitative estimate of drug-likeness (QED) is 0.620. The minimum atomic E-state index is -4.94. The number of halogens is 4. The second kappa shape index (κ2) is 7.89. The van der Waals surface area contributed by atoms with E-state index in [0.717, 1.165) is 16.8 Å². The molecule has 2 aromatic heterocycles. The highest BCUT2D eigenvalue weighted by Gasteiger charge is 2.31. The number of likely N-dealkylation sites (tertiary alicyclic amines) is 1. The zero-order chi connectivity index (χ0) is 22.2. The molecule has 1 N–H and O–H groups in total. The number of alkyl halides is 3. The second-order valence-corrected chi connectivity index (χ2v) is 6.72. The normalized spacial score (nSPS) is 15.3. The molecular formula is C18H15F4N5O4. The van der Waals surface area contributed by atoms with Crippen LogP contribution in [0.5, 0.6) is 11.6 Å². The maximum atomic E-state index is 14.5. The number of amides is 1. The Morgan fingerprint density at radius 1 is 1.19 bits per heavy atom. The van der Waals surface area contributed by atoms with Gasteiger partial charge in [-0.25, -0.2) is 23.8 Å². The first-order chi connectivity index (χ1) is 14.7. The average molecular weight is 441 g/mol. The zero-order valence-electron chi connectivity index (χ0n) is 15.7. The van der Waals surface area contributed by atoms with E-state index < -0.39 is 24.0 Å². The Balaban J connectivity index is 1.57. The maximum Gasteiger partial charge on any atom is 0.573 e. The fourth-order valence-electron chi connectivity index (χ4n) is 3.27. The van der Waals surface area contributed by atoms with Crippen molar-refractivity contribution in [1.82, 2.24) is 24.6 Å². The van der Waals surface area contributed by atoms with Gasteiger partial charge in [-0.05, 0) is 12.1 Å². The Morgan fingerprint density at radius 3 is 2.58 bits per heavy atom. The largest absolute Gasteiger partial charge is 0.573 e. The standard InChI is InChI=1S/C18H15F4N5O4/c19-13-7-11(31-18(20,21)22)1-2-14(13)27-15-12(8-25-27)16(24-9-23-15)30-10-3-5-26(6-4-10)17(28)29/h1-2,7-10H,3-6H2,(H,28,29). The molecule has 3 aromatic rings. The summed E-state index contributed by atoms with van der Waals surface area (Å²) in [6.45, 7) is 0.649. The van der Waals surface area contributed by atoms with Gasteiger partial charge in [-0.3, -0.25) is 0 Å². The third kappa shape index (κ3) is 4.44. The highest BCUT2D eigenvalue weighted by atomic mass is 19.4. The van der Waals surface area contributed by atoms with Gasteiger partial charge in [0.1, 0.15) is 29.3 Å². The maximum absolute atomic E-state index is 14.5. The molecule has 1 aromatic carbocycles. The van der Waals surface area contributed by atoms with Crippen LogP contribution in [0.25, 0.3) is 16.7 Å². The summed E-state index contributed by atoms with van der Waals surface area (Å²) in [6, 6.07) is 2.66. The molecule has 13 heteroatoms. The molecule has 1 aliphatic heterocycles. The van der Waals surface area contributed by atoms with E-state index in [1.807, 2.05) is 0 Å². The van der Waals surface area contributed by atoms with Crippen molar-refractivity contribution in [2.24, 2.45) is 0 Å². The molecule has 1 aliphatic rings. The summed E-state index contributed by atoms with van der Waals surface area (Å²) < 4.78 is 62.2. The minimum Gasteiger partial charge on any atom is -0.474 e. The van der Waals surface area contributed by atoms with Gasteiger partial charge in [-0.2, -0.15) is 5.10 Å². The van der Waals surface area contributed by atoms with Crippen molar-refractivity contribution in [3.63, 3.8) is 0 Å². The second-order valence-electron chi connectivity index (χ2n) is 6.72. The summed E-state index contributed by atoms with van der Waals surface area (Å²) in [7, 11) is 0. The van der Waals surface area contributed by atoms with Gasteiger partial charge in [0.15, 0.2) is 11.5 Å². The number of nitrogens with zero attached hydrogens (tertiary/aromatic N) is 5. The van der Waals surface area contributed by atoms with Gasteiger partial charge in [0.2, 0.25) is 5.88 Å². The number of carbonyl (C=O) groups is 1. The van der Waals surface area contributed by atoms with Crippen molar-refractivity contribution in [3.05, 3.63) is 36.5 Å². The summed E-state index contributed by atoms with van der Waals surface area (Å²) in [6.07, 6.45) is -2.70. The van der Waals surface area contributed by atoms with Crippen LogP contribution in [0.15, 0.2) is 30.7 Å². The molecule has 0 bridgehead atoms. The van der Waals surface area contributed by atoms with Crippen LogP contribution in [0.2, 0.25) is 0 Å². The first-order valence-electron chi connectivity index (χ1n) is 9.10. The van der Waals surface area contributed by atoms with Gasteiger partial charge in [0, 0.05) is 32.0 Å². The molecule has 31 heavy (non-hydrogen) atoms. The summed E-state index contributed by atoms with van der Waals surface area (Å²) >= 11 is 0. The molecule has 1 amide bonds. The van der Waals surface area contributed by atoms with E-state index in [-0.39, 0.29) is 23.3 Å². The van der Waals surface area contributed by atoms with Crippen molar-refractivity contribution in [2.75, 3.05) is 13.1 Å². The molecule has 1 saturated heterocycles. The lowest BCUT2D eigenvalue weighted by atomic mass is 10.1. The monoisotopic (exact) mass is 441 g/mol. The lowest BCUT2D eigenvalue weighted by molar-refractivity contribution is -0.274. The highest BCUT2D eigenvalue weighted by Crippen LogP contribution is 2.29. The number of aromatic nitrogens is 4. The van der Waals surface area contributed by atoms with Crippen LogP contribution < -0.4 is 9.47 Å². The number of hydrogen-bond donors (Lipinski definition) is 1. The van der Waals surface area contributed by atoms with E-state index in [4.69, 9.17) is 9.84 Å². The van der Waals surface area contributed by atoms with E-state index in [1.165, 1.54) is 17.4 Å². The Labute approximate surface area is 171 Å². The molecule has 0 radical (unpaired) electrons. The van der Waals surface area contributed by atoms with Gasteiger partial charge >= 0.3 is 12.5 Å². The van der Waals surface area contributed by atoms with Gasteiger partial charge in [0.05, 0.1) is 6.20 Å². The average Bonchev–Trinajstić information content (AvgIpc) is 3.12. The lowest BCUT2D eigenvalue weighted by Crippen LogP contribution is -2.41.